The number of anilines is 1. The number of nitrogens with one attached hydrogen (secondary N) is 1. The molecule has 1 saturated carbocycles. The smallest absolute Gasteiger partial charge is 0.322 e. The number of hydrogen-bond donors (Lipinski definition) is 1. The van der Waals surface area contributed by atoms with E-state index in [1.54, 1.807) is 7.11 Å². The molecule has 0 atom stereocenters. The van der Waals surface area contributed by atoms with Crippen LogP contribution in [0.15, 0.2) is 0 Å². The molecule has 0 bridgehead atoms. The zero-order valence-electron chi connectivity index (χ0n) is 10.6. The fourth-order valence-electron chi connectivity index (χ4n) is 1.78. The molecule has 7 heteroatoms. The van der Waals surface area contributed by atoms with Crippen LogP contribution < -0.4 is 10.1 Å². The Morgan fingerprint density at radius 2 is 2.06 bits per heavy atom. The van der Waals surface area contributed by atoms with E-state index in [1.807, 2.05) is 0 Å². The third kappa shape index (κ3) is 3.43. The third-order valence-electron chi connectivity index (χ3n) is 3.19. The quantitative estimate of drug-likeness (QED) is 0.816. The monoisotopic (exact) mass is 272 g/mol. The number of hydrogen-bond acceptors (Lipinski definition) is 6. The molecule has 1 aromatic heterocycles. The molecule has 1 aromatic rings. The van der Waals surface area contributed by atoms with Crippen LogP contribution in [0.5, 0.6) is 6.01 Å². The first-order chi connectivity index (χ1) is 8.67. The maximum atomic E-state index is 5.78. The average molecular weight is 273 g/mol. The number of halogens is 1. The van der Waals surface area contributed by atoms with E-state index in [1.165, 1.54) is 20.0 Å². The van der Waals surface area contributed by atoms with E-state index in [9.17, 15) is 0 Å². The standard InChI is InChI=1S/C11H17ClN4O2/c1-17-6-5-11(3-4-11)7-13-9-14-8(12)15-10(16-9)18-2/h3-7H2,1-2H3,(H,13,14,15,16). The Bertz CT molecular complexity index is 412. The van der Waals surface area contributed by atoms with Gasteiger partial charge in [0.05, 0.1) is 7.11 Å². The summed E-state index contributed by atoms with van der Waals surface area (Å²) in [7, 11) is 3.22. The lowest BCUT2D eigenvalue weighted by molar-refractivity contribution is 0.174. The molecule has 0 unspecified atom stereocenters. The highest BCUT2D eigenvalue weighted by Crippen LogP contribution is 2.48. The number of ether oxygens (including phenoxy) is 2. The normalized spacial score (nSPS) is 16.4. The van der Waals surface area contributed by atoms with Crippen molar-refractivity contribution in [2.45, 2.75) is 19.3 Å². The Labute approximate surface area is 111 Å². The zero-order chi connectivity index (χ0) is 13.0. The van der Waals surface area contributed by atoms with Gasteiger partial charge in [-0.05, 0) is 36.3 Å². The molecule has 0 radical (unpaired) electrons. The molecule has 2 rings (SSSR count). The van der Waals surface area contributed by atoms with Gasteiger partial charge in [-0.1, -0.05) is 0 Å². The van der Waals surface area contributed by atoms with Crippen LogP contribution in [0.1, 0.15) is 19.3 Å². The highest BCUT2D eigenvalue weighted by atomic mass is 35.5. The van der Waals surface area contributed by atoms with Crippen molar-refractivity contribution in [1.82, 2.24) is 15.0 Å². The number of aromatic nitrogens is 3. The molecule has 1 aliphatic carbocycles. The van der Waals surface area contributed by atoms with Crippen molar-refractivity contribution in [2.75, 3.05) is 32.7 Å². The van der Waals surface area contributed by atoms with Crippen LogP contribution in [0.2, 0.25) is 5.28 Å². The van der Waals surface area contributed by atoms with Gasteiger partial charge in [0.25, 0.3) is 0 Å². The van der Waals surface area contributed by atoms with Gasteiger partial charge >= 0.3 is 6.01 Å². The maximum absolute atomic E-state index is 5.78. The lowest BCUT2D eigenvalue weighted by Crippen LogP contribution is -2.18. The molecule has 0 aromatic carbocycles. The van der Waals surface area contributed by atoms with Gasteiger partial charge in [-0.15, -0.1) is 0 Å². The molecule has 100 valence electrons. The van der Waals surface area contributed by atoms with Gasteiger partial charge < -0.3 is 14.8 Å². The summed E-state index contributed by atoms with van der Waals surface area (Å²) in [6, 6.07) is 0.222. The Hall–Kier alpha value is -1.14. The molecule has 6 nitrogen and oxygen atoms in total. The van der Waals surface area contributed by atoms with Crippen molar-refractivity contribution >= 4 is 17.5 Å². The minimum absolute atomic E-state index is 0.131. The van der Waals surface area contributed by atoms with Crippen molar-refractivity contribution in [1.29, 1.82) is 0 Å². The Morgan fingerprint density at radius 3 is 2.67 bits per heavy atom. The van der Waals surface area contributed by atoms with Crippen LogP contribution in [0.3, 0.4) is 0 Å². The molecule has 1 aliphatic rings. The summed E-state index contributed by atoms with van der Waals surface area (Å²) in [6.07, 6.45) is 3.46. The summed E-state index contributed by atoms with van der Waals surface area (Å²) < 4.78 is 10.1. The van der Waals surface area contributed by atoms with Crippen molar-refractivity contribution in [3.8, 4) is 6.01 Å². The maximum Gasteiger partial charge on any atom is 0.322 e. The molecule has 0 saturated heterocycles. The molecule has 1 heterocycles. The third-order valence-corrected chi connectivity index (χ3v) is 3.35. The minimum atomic E-state index is 0.131. The van der Waals surface area contributed by atoms with Gasteiger partial charge in [0, 0.05) is 20.3 Å². The highest BCUT2D eigenvalue weighted by molar-refractivity contribution is 6.28. The van der Waals surface area contributed by atoms with Crippen LogP contribution in [0, 0.1) is 5.41 Å². The summed E-state index contributed by atoms with van der Waals surface area (Å²) in [6.45, 7) is 1.60. The summed E-state index contributed by atoms with van der Waals surface area (Å²) in [5.41, 5.74) is 0.322. The van der Waals surface area contributed by atoms with E-state index in [-0.39, 0.29) is 11.3 Å². The van der Waals surface area contributed by atoms with Crippen LogP contribution >= 0.6 is 11.6 Å². The first-order valence-corrected chi connectivity index (χ1v) is 6.24. The summed E-state index contributed by atoms with van der Waals surface area (Å²) in [5, 5.41) is 3.32. The number of rotatable bonds is 7. The zero-order valence-corrected chi connectivity index (χ0v) is 11.3. The minimum Gasteiger partial charge on any atom is -0.467 e. The van der Waals surface area contributed by atoms with Crippen LogP contribution in [0.4, 0.5) is 5.95 Å². The van der Waals surface area contributed by atoms with Gasteiger partial charge in [-0.3, -0.25) is 0 Å². The predicted molar refractivity (Wildman–Crippen MR) is 68.0 cm³/mol. The molecular formula is C11H17ClN4O2. The average Bonchev–Trinajstić information content (AvgIpc) is 3.14. The van der Waals surface area contributed by atoms with Crippen LogP contribution in [-0.2, 0) is 4.74 Å². The van der Waals surface area contributed by atoms with Crippen LogP contribution in [-0.4, -0.2) is 42.3 Å². The van der Waals surface area contributed by atoms with Gasteiger partial charge in [0.15, 0.2) is 0 Å². The topological polar surface area (TPSA) is 69.2 Å². The molecular weight excluding hydrogens is 256 g/mol. The lowest BCUT2D eigenvalue weighted by atomic mass is 10.0. The van der Waals surface area contributed by atoms with Crippen molar-refractivity contribution in [2.24, 2.45) is 5.41 Å². The summed E-state index contributed by atoms with van der Waals surface area (Å²) in [4.78, 5) is 11.9. The fourth-order valence-corrected chi connectivity index (χ4v) is 1.93. The van der Waals surface area contributed by atoms with Gasteiger partial charge in [0.2, 0.25) is 11.2 Å². The van der Waals surface area contributed by atoms with Crippen molar-refractivity contribution < 1.29 is 9.47 Å². The molecule has 1 N–H and O–H groups in total. The van der Waals surface area contributed by atoms with E-state index in [2.05, 4.69) is 20.3 Å². The first-order valence-electron chi connectivity index (χ1n) is 5.86. The van der Waals surface area contributed by atoms with Gasteiger partial charge in [0.1, 0.15) is 0 Å². The van der Waals surface area contributed by atoms with E-state index < -0.39 is 0 Å². The van der Waals surface area contributed by atoms with Gasteiger partial charge in [-0.25, -0.2) is 0 Å². The van der Waals surface area contributed by atoms with E-state index >= 15 is 0 Å². The predicted octanol–water partition coefficient (Wildman–Crippen LogP) is 1.76. The molecule has 0 spiro atoms. The largest absolute Gasteiger partial charge is 0.467 e. The SMILES string of the molecule is COCCC1(CNc2nc(Cl)nc(OC)n2)CC1. The summed E-state index contributed by atoms with van der Waals surface area (Å²) >= 11 is 5.78. The molecule has 1 fully saturated rings. The van der Waals surface area contributed by atoms with Crippen LogP contribution in [0.25, 0.3) is 0 Å². The van der Waals surface area contributed by atoms with Crippen molar-refractivity contribution in [3.05, 3.63) is 5.28 Å². The van der Waals surface area contributed by atoms with E-state index in [0.717, 1.165) is 19.6 Å². The Balaban J connectivity index is 1.92. The van der Waals surface area contributed by atoms with E-state index in [4.69, 9.17) is 21.1 Å². The number of nitrogens with zero attached hydrogens (tertiary/aromatic N) is 3. The van der Waals surface area contributed by atoms with Gasteiger partial charge in [-0.2, -0.15) is 15.0 Å². The number of methoxy groups -OCH3 is 2. The second-order valence-electron chi connectivity index (χ2n) is 4.51. The summed E-state index contributed by atoms with van der Waals surface area (Å²) in [5.74, 6) is 0.454. The molecule has 0 aliphatic heterocycles. The molecule has 18 heavy (non-hydrogen) atoms. The second kappa shape index (κ2) is 5.67. The Kier molecular flexibility index (Phi) is 4.19. The highest BCUT2D eigenvalue weighted by Gasteiger charge is 2.41. The fraction of sp³-hybridized carbons (Fsp3) is 0.727. The molecule has 0 amide bonds. The lowest BCUT2D eigenvalue weighted by Gasteiger charge is -2.15. The van der Waals surface area contributed by atoms with Crippen molar-refractivity contribution in [3.63, 3.8) is 0 Å². The first kappa shape index (κ1) is 13.3. The second-order valence-corrected chi connectivity index (χ2v) is 4.85. The van der Waals surface area contributed by atoms with E-state index in [0.29, 0.717) is 11.4 Å². The Morgan fingerprint density at radius 1 is 1.28 bits per heavy atom.